The van der Waals surface area contributed by atoms with Crippen LogP contribution in [-0.2, 0) is 4.74 Å². The Morgan fingerprint density at radius 3 is 2.89 bits per heavy atom. The van der Waals surface area contributed by atoms with E-state index >= 15 is 0 Å². The minimum Gasteiger partial charge on any atom is -0.377 e. The second-order valence-electron chi connectivity index (χ2n) is 7.07. The summed E-state index contributed by atoms with van der Waals surface area (Å²) in [5.74, 6) is 1.65. The van der Waals surface area contributed by atoms with Gasteiger partial charge in [0.2, 0.25) is 0 Å². The Labute approximate surface area is 162 Å². The lowest BCUT2D eigenvalue weighted by atomic mass is 10.0. The molecule has 8 nitrogen and oxygen atoms in total. The van der Waals surface area contributed by atoms with Crippen LogP contribution in [-0.4, -0.2) is 55.6 Å². The third-order valence-corrected chi connectivity index (χ3v) is 5.20. The summed E-state index contributed by atoms with van der Waals surface area (Å²) in [5, 5.41) is 12.0. The monoisotopic (exact) mass is 375 g/mol. The lowest BCUT2D eigenvalue weighted by Crippen LogP contribution is -2.44. The fourth-order valence-electron chi connectivity index (χ4n) is 3.73. The largest absolute Gasteiger partial charge is 0.377 e. The second-order valence-corrected chi connectivity index (χ2v) is 7.07. The molecule has 1 aliphatic rings. The van der Waals surface area contributed by atoms with Crippen molar-refractivity contribution in [1.29, 1.82) is 0 Å². The van der Waals surface area contributed by atoms with Gasteiger partial charge in [0.1, 0.15) is 5.69 Å². The predicted molar refractivity (Wildman–Crippen MR) is 106 cm³/mol. The number of fused-ring (bicyclic) bond motifs is 1. The van der Waals surface area contributed by atoms with Gasteiger partial charge < -0.3 is 9.64 Å². The first kappa shape index (κ1) is 16.9. The number of nitrogens with one attached hydrogen (secondary N) is 1. The Morgan fingerprint density at radius 1 is 1.18 bits per heavy atom. The summed E-state index contributed by atoms with van der Waals surface area (Å²) in [5.41, 5.74) is 5.10. The number of anilines is 1. The maximum absolute atomic E-state index is 5.61. The number of ether oxygens (including phenoxy) is 1. The highest BCUT2D eigenvalue weighted by Gasteiger charge is 2.23. The number of H-pyrrole nitrogens is 1. The third kappa shape index (κ3) is 2.73. The van der Waals surface area contributed by atoms with E-state index in [-0.39, 0.29) is 6.04 Å². The van der Waals surface area contributed by atoms with Crippen molar-refractivity contribution in [2.45, 2.75) is 19.9 Å². The van der Waals surface area contributed by atoms with Gasteiger partial charge in [-0.25, -0.2) is 9.50 Å². The molecule has 1 aliphatic heterocycles. The summed E-state index contributed by atoms with van der Waals surface area (Å²) < 4.78 is 7.52. The summed E-state index contributed by atoms with van der Waals surface area (Å²) in [6, 6.07) is 6.35. The standard InChI is InChI=1S/C20H21N7O/c1-13-10-21-5-3-15(13)16-9-19(26-7-8-28-12-14(26)2)25-27-18(16)11-22-20(27)17-4-6-23-24-17/h3-6,9-11,14H,7-8,12H2,1-2H3,(H,23,24)/t14-/m1/s1. The van der Waals surface area contributed by atoms with Crippen LogP contribution < -0.4 is 4.90 Å². The molecular weight excluding hydrogens is 354 g/mol. The number of rotatable bonds is 3. The Morgan fingerprint density at radius 2 is 2.11 bits per heavy atom. The molecule has 1 saturated heterocycles. The van der Waals surface area contributed by atoms with E-state index in [2.05, 4.69) is 45.0 Å². The number of aromatic amines is 1. The van der Waals surface area contributed by atoms with Gasteiger partial charge in [0.25, 0.3) is 0 Å². The molecule has 4 aromatic rings. The van der Waals surface area contributed by atoms with Crippen LogP contribution in [0.3, 0.4) is 0 Å². The first-order valence-electron chi connectivity index (χ1n) is 9.36. The third-order valence-electron chi connectivity index (χ3n) is 5.20. The maximum Gasteiger partial charge on any atom is 0.179 e. The van der Waals surface area contributed by atoms with Gasteiger partial charge in [-0.15, -0.1) is 5.10 Å². The number of aryl methyl sites for hydroxylation is 1. The molecule has 5 heterocycles. The minimum atomic E-state index is 0.254. The van der Waals surface area contributed by atoms with Crippen molar-refractivity contribution in [2.24, 2.45) is 0 Å². The summed E-state index contributed by atoms with van der Waals surface area (Å²) >= 11 is 0. The van der Waals surface area contributed by atoms with Gasteiger partial charge in [0, 0.05) is 30.7 Å². The highest BCUT2D eigenvalue weighted by molar-refractivity contribution is 5.84. The molecule has 0 spiro atoms. The number of hydrogen-bond acceptors (Lipinski definition) is 6. The predicted octanol–water partition coefficient (Wildman–Crippen LogP) is 2.71. The highest BCUT2D eigenvalue weighted by atomic mass is 16.5. The van der Waals surface area contributed by atoms with E-state index in [4.69, 9.17) is 9.84 Å². The highest BCUT2D eigenvalue weighted by Crippen LogP contribution is 2.32. The first-order chi connectivity index (χ1) is 13.7. The van der Waals surface area contributed by atoms with E-state index in [0.717, 1.165) is 46.1 Å². The first-order valence-corrected chi connectivity index (χ1v) is 9.36. The Kier molecular flexibility index (Phi) is 4.05. The van der Waals surface area contributed by atoms with Crippen molar-refractivity contribution >= 4 is 11.3 Å². The Balaban J connectivity index is 1.77. The van der Waals surface area contributed by atoms with E-state index < -0.39 is 0 Å². The second kappa shape index (κ2) is 6.72. The molecule has 1 atom stereocenters. The molecule has 0 unspecified atom stereocenters. The van der Waals surface area contributed by atoms with Crippen molar-refractivity contribution in [2.75, 3.05) is 24.7 Å². The van der Waals surface area contributed by atoms with Gasteiger partial charge in [-0.1, -0.05) is 0 Å². The molecule has 28 heavy (non-hydrogen) atoms. The van der Waals surface area contributed by atoms with Crippen molar-refractivity contribution < 1.29 is 4.74 Å². The molecule has 8 heteroatoms. The summed E-state index contributed by atoms with van der Waals surface area (Å²) in [6.07, 6.45) is 7.29. The van der Waals surface area contributed by atoms with Gasteiger partial charge in [0.15, 0.2) is 11.6 Å². The average molecular weight is 375 g/mol. The van der Waals surface area contributed by atoms with Crippen molar-refractivity contribution in [3.8, 4) is 22.6 Å². The van der Waals surface area contributed by atoms with Crippen LogP contribution in [0.2, 0.25) is 0 Å². The zero-order valence-corrected chi connectivity index (χ0v) is 15.8. The molecule has 142 valence electrons. The molecule has 1 fully saturated rings. The van der Waals surface area contributed by atoms with E-state index in [1.165, 1.54) is 0 Å². The van der Waals surface area contributed by atoms with E-state index in [1.54, 1.807) is 6.20 Å². The number of aromatic nitrogens is 6. The SMILES string of the molecule is Cc1cnccc1-c1cc(N2CCOC[C@H]2C)nn2c(-c3ccn[nH]3)ncc12. The number of pyridine rings is 1. The zero-order chi connectivity index (χ0) is 19.1. The van der Waals surface area contributed by atoms with E-state index in [9.17, 15) is 0 Å². The van der Waals surface area contributed by atoms with Crippen LogP contribution >= 0.6 is 0 Å². The summed E-state index contributed by atoms with van der Waals surface area (Å²) in [4.78, 5) is 11.2. The lowest BCUT2D eigenvalue weighted by Gasteiger charge is -2.34. The van der Waals surface area contributed by atoms with Gasteiger partial charge in [0.05, 0.1) is 31.0 Å². The maximum atomic E-state index is 5.61. The van der Waals surface area contributed by atoms with E-state index in [0.29, 0.717) is 13.2 Å². The fraction of sp³-hybridized carbons (Fsp3) is 0.300. The molecule has 0 radical (unpaired) electrons. The quantitative estimate of drug-likeness (QED) is 0.593. The number of nitrogens with zero attached hydrogens (tertiary/aromatic N) is 6. The van der Waals surface area contributed by atoms with Crippen LogP contribution in [0.1, 0.15) is 12.5 Å². The van der Waals surface area contributed by atoms with Gasteiger partial charge >= 0.3 is 0 Å². The summed E-state index contributed by atoms with van der Waals surface area (Å²) in [6.45, 7) is 6.43. The van der Waals surface area contributed by atoms with Crippen LogP contribution in [0.5, 0.6) is 0 Å². The zero-order valence-electron chi connectivity index (χ0n) is 15.8. The normalized spacial score (nSPS) is 17.4. The summed E-state index contributed by atoms with van der Waals surface area (Å²) in [7, 11) is 0. The topological polar surface area (TPSA) is 84.2 Å². The number of imidazole rings is 1. The molecule has 5 rings (SSSR count). The fourth-order valence-corrected chi connectivity index (χ4v) is 3.73. The van der Waals surface area contributed by atoms with E-state index in [1.807, 2.05) is 35.2 Å². The smallest absolute Gasteiger partial charge is 0.179 e. The molecule has 0 saturated carbocycles. The van der Waals surface area contributed by atoms with Gasteiger partial charge in [-0.2, -0.15) is 5.10 Å². The molecule has 4 aromatic heterocycles. The minimum absolute atomic E-state index is 0.254. The van der Waals surface area contributed by atoms with Crippen LogP contribution in [0.4, 0.5) is 5.82 Å². The van der Waals surface area contributed by atoms with Crippen molar-refractivity contribution in [3.05, 3.63) is 48.5 Å². The molecule has 0 aromatic carbocycles. The van der Waals surface area contributed by atoms with Crippen LogP contribution in [0.25, 0.3) is 28.2 Å². The molecular formula is C20H21N7O. The average Bonchev–Trinajstić information content (AvgIpc) is 3.37. The van der Waals surface area contributed by atoms with Gasteiger partial charge in [-0.3, -0.25) is 10.1 Å². The molecule has 1 N–H and O–H groups in total. The van der Waals surface area contributed by atoms with Gasteiger partial charge in [-0.05, 0) is 43.2 Å². The van der Waals surface area contributed by atoms with Crippen molar-refractivity contribution in [1.82, 2.24) is 29.8 Å². The molecule has 0 amide bonds. The number of hydrogen-bond donors (Lipinski definition) is 1. The molecule has 0 aliphatic carbocycles. The Bertz CT molecular complexity index is 1120. The van der Waals surface area contributed by atoms with Crippen LogP contribution in [0.15, 0.2) is 43.0 Å². The van der Waals surface area contributed by atoms with Crippen molar-refractivity contribution in [3.63, 3.8) is 0 Å². The Hall–Kier alpha value is -3.26. The number of morpholine rings is 1. The van der Waals surface area contributed by atoms with Crippen LogP contribution in [0, 0.1) is 6.92 Å². The lowest BCUT2D eigenvalue weighted by molar-refractivity contribution is 0.0984. The molecule has 0 bridgehead atoms.